The second kappa shape index (κ2) is 6.36. The van der Waals surface area contributed by atoms with Gasteiger partial charge in [-0.3, -0.25) is 0 Å². The summed E-state index contributed by atoms with van der Waals surface area (Å²) in [7, 11) is 2.05. The second-order valence-electron chi connectivity index (χ2n) is 6.44. The highest BCUT2D eigenvalue weighted by Gasteiger charge is 2.18. The highest BCUT2D eigenvalue weighted by molar-refractivity contribution is 6.10. The maximum absolute atomic E-state index is 10.1. The van der Waals surface area contributed by atoms with Crippen LogP contribution in [0.4, 0.5) is 0 Å². The first-order valence-electron chi connectivity index (χ1n) is 8.51. The quantitative estimate of drug-likeness (QED) is 0.595. The highest BCUT2D eigenvalue weighted by Crippen LogP contribution is 2.35. The molecule has 0 radical (unpaired) electrons. The number of aliphatic hydroxyl groups excluding tert-OH is 2. The fourth-order valence-corrected chi connectivity index (χ4v) is 3.84. The predicted molar refractivity (Wildman–Crippen MR) is 102 cm³/mol. The van der Waals surface area contributed by atoms with E-state index in [-0.39, 0.29) is 13.2 Å². The first-order chi connectivity index (χ1) is 12.2. The van der Waals surface area contributed by atoms with E-state index in [9.17, 15) is 10.2 Å². The van der Waals surface area contributed by atoms with Gasteiger partial charge < -0.3 is 14.8 Å². The molecule has 25 heavy (non-hydrogen) atoms. The molecule has 0 saturated heterocycles. The van der Waals surface area contributed by atoms with E-state index >= 15 is 0 Å². The van der Waals surface area contributed by atoms with E-state index in [2.05, 4.69) is 41.9 Å². The van der Waals surface area contributed by atoms with Gasteiger partial charge in [-0.05, 0) is 40.8 Å². The largest absolute Gasteiger partial charge is 0.392 e. The zero-order chi connectivity index (χ0) is 17.4. The molecule has 0 fully saturated rings. The van der Waals surface area contributed by atoms with Crippen LogP contribution in [0.1, 0.15) is 22.3 Å². The zero-order valence-electron chi connectivity index (χ0n) is 14.2. The molecule has 0 saturated carbocycles. The van der Waals surface area contributed by atoms with E-state index in [4.69, 9.17) is 0 Å². The van der Waals surface area contributed by atoms with Crippen LogP contribution in [0.3, 0.4) is 0 Å². The molecule has 4 aromatic rings. The Morgan fingerprint density at radius 2 is 1.48 bits per heavy atom. The molecule has 3 nitrogen and oxygen atoms in total. The lowest BCUT2D eigenvalue weighted by Gasteiger charge is -2.15. The summed E-state index contributed by atoms with van der Waals surface area (Å²) in [6.07, 6.45) is 0.737. The number of hydrogen-bond acceptors (Lipinski definition) is 2. The Bertz CT molecular complexity index is 1050. The predicted octanol–water partition coefficient (Wildman–Crippen LogP) is 3.91. The van der Waals surface area contributed by atoms with Gasteiger partial charge in [-0.15, -0.1) is 0 Å². The molecular weight excluding hydrogens is 310 g/mol. The average molecular weight is 331 g/mol. The number of rotatable bonds is 4. The van der Waals surface area contributed by atoms with Crippen molar-refractivity contribution in [2.45, 2.75) is 19.6 Å². The van der Waals surface area contributed by atoms with E-state index in [1.807, 2.05) is 30.3 Å². The average Bonchev–Trinajstić information content (AvgIpc) is 2.94. The molecule has 4 rings (SSSR count). The van der Waals surface area contributed by atoms with Crippen molar-refractivity contribution in [1.82, 2.24) is 4.57 Å². The van der Waals surface area contributed by atoms with Crippen molar-refractivity contribution in [1.29, 1.82) is 0 Å². The molecule has 0 aliphatic rings. The lowest BCUT2D eigenvalue weighted by molar-refractivity contribution is 0.260. The van der Waals surface area contributed by atoms with Gasteiger partial charge in [-0.2, -0.15) is 0 Å². The zero-order valence-corrected chi connectivity index (χ0v) is 14.2. The summed E-state index contributed by atoms with van der Waals surface area (Å²) in [5.74, 6) is 0. The van der Waals surface area contributed by atoms with Crippen molar-refractivity contribution >= 4 is 21.8 Å². The van der Waals surface area contributed by atoms with E-state index in [1.54, 1.807) is 0 Å². The summed E-state index contributed by atoms with van der Waals surface area (Å²) >= 11 is 0. The second-order valence-corrected chi connectivity index (χ2v) is 6.44. The van der Waals surface area contributed by atoms with E-state index < -0.39 is 0 Å². The third kappa shape index (κ3) is 2.53. The Labute approximate surface area is 146 Å². The van der Waals surface area contributed by atoms with Crippen molar-refractivity contribution in [2.24, 2.45) is 7.05 Å². The van der Waals surface area contributed by atoms with Crippen LogP contribution in [0.2, 0.25) is 0 Å². The molecule has 1 aromatic heterocycles. The normalized spacial score (nSPS) is 11.5. The van der Waals surface area contributed by atoms with Crippen molar-refractivity contribution in [3.05, 3.63) is 82.9 Å². The Hall–Kier alpha value is -2.62. The summed E-state index contributed by atoms with van der Waals surface area (Å²) in [5.41, 5.74) is 6.16. The van der Waals surface area contributed by atoms with Crippen LogP contribution < -0.4 is 0 Å². The Morgan fingerprint density at radius 3 is 2.20 bits per heavy atom. The van der Waals surface area contributed by atoms with Gasteiger partial charge in [0.05, 0.1) is 13.2 Å². The molecule has 0 amide bonds. The van der Waals surface area contributed by atoms with Gasteiger partial charge >= 0.3 is 0 Å². The maximum Gasteiger partial charge on any atom is 0.0692 e. The molecule has 3 aromatic carbocycles. The van der Waals surface area contributed by atoms with Crippen LogP contribution in [0.15, 0.2) is 60.7 Å². The minimum Gasteiger partial charge on any atom is -0.392 e. The first kappa shape index (κ1) is 15.9. The topological polar surface area (TPSA) is 45.4 Å². The van der Waals surface area contributed by atoms with Gasteiger partial charge in [0.2, 0.25) is 0 Å². The van der Waals surface area contributed by atoms with E-state index in [0.29, 0.717) is 0 Å². The molecule has 0 unspecified atom stereocenters. The van der Waals surface area contributed by atoms with Crippen LogP contribution >= 0.6 is 0 Å². The van der Waals surface area contributed by atoms with Crippen LogP contribution in [0.25, 0.3) is 21.8 Å². The number of aryl methyl sites for hydroxylation is 1. The minimum atomic E-state index is -0.0803. The molecule has 3 heteroatoms. The Morgan fingerprint density at radius 1 is 0.800 bits per heavy atom. The fraction of sp³-hybridized carbons (Fsp3) is 0.182. The number of aliphatic hydroxyl groups is 2. The van der Waals surface area contributed by atoms with E-state index in [1.165, 1.54) is 5.56 Å². The summed E-state index contributed by atoms with van der Waals surface area (Å²) in [6.45, 7) is -0.153. The van der Waals surface area contributed by atoms with Crippen molar-refractivity contribution in [2.75, 3.05) is 0 Å². The molecule has 2 N–H and O–H groups in total. The molecule has 0 aliphatic carbocycles. The Balaban J connectivity index is 2.04. The summed E-state index contributed by atoms with van der Waals surface area (Å²) in [5, 5.41) is 22.3. The van der Waals surface area contributed by atoms with Crippen LogP contribution in [-0.2, 0) is 26.7 Å². The third-order valence-electron chi connectivity index (χ3n) is 5.07. The van der Waals surface area contributed by atoms with Crippen molar-refractivity contribution in [3.8, 4) is 0 Å². The minimum absolute atomic E-state index is 0.0722. The van der Waals surface area contributed by atoms with Crippen molar-refractivity contribution < 1.29 is 10.2 Å². The third-order valence-corrected chi connectivity index (χ3v) is 5.07. The maximum atomic E-state index is 10.1. The molecular formula is C22H21NO2. The number of benzene rings is 3. The molecule has 0 spiro atoms. The van der Waals surface area contributed by atoms with Crippen molar-refractivity contribution in [3.63, 3.8) is 0 Å². The van der Waals surface area contributed by atoms with Crippen LogP contribution in [-0.4, -0.2) is 14.8 Å². The number of aromatic nitrogens is 1. The summed E-state index contributed by atoms with van der Waals surface area (Å²) in [6, 6.07) is 20.6. The van der Waals surface area contributed by atoms with Gasteiger partial charge in [0.15, 0.2) is 0 Å². The molecule has 1 heterocycles. The van der Waals surface area contributed by atoms with Crippen LogP contribution in [0.5, 0.6) is 0 Å². The monoisotopic (exact) mass is 331 g/mol. The van der Waals surface area contributed by atoms with Gasteiger partial charge in [0, 0.05) is 28.9 Å². The highest BCUT2D eigenvalue weighted by atomic mass is 16.3. The lowest BCUT2D eigenvalue weighted by atomic mass is 9.92. The molecule has 0 bridgehead atoms. The standard InChI is InChI=1S/C22H21NO2/c1-23-20-10-6-5-9-17(20)22-19(14-25)18(13-24)16(12-21(22)23)11-15-7-3-2-4-8-15/h2-10,12,24-25H,11,13-14H2,1H3. The smallest absolute Gasteiger partial charge is 0.0692 e. The molecule has 0 atom stereocenters. The van der Waals surface area contributed by atoms with E-state index in [0.717, 1.165) is 44.9 Å². The lowest BCUT2D eigenvalue weighted by Crippen LogP contribution is -2.03. The van der Waals surface area contributed by atoms with Gasteiger partial charge in [-0.25, -0.2) is 0 Å². The van der Waals surface area contributed by atoms with Gasteiger partial charge in [-0.1, -0.05) is 48.5 Å². The molecule has 0 aliphatic heterocycles. The SMILES string of the molecule is Cn1c2ccccc2c2c(CO)c(CO)c(Cc3ccccc3)cc21. The fourth-order valence-electron chi connectivity index (χ4n) is 3.84. The summed E-state index contributed by atoms with van der Waals surface area (Å²) in [4.78, 5) is 0. The molecule has 126 valence electrons. The number of para-hydroxylation sites is 1. The first-order valence-corrected chi connectivity index (χ1v) is 8.51. The van der Waals surface area contributed by atoms with Crippen LogP contribution in [0, 0.1) is 0 Å². The van der Waals surface area contributed by atoms with Gasteiger partial charge in [0.25, 0.3) is 0 Å². The summed E-state index contributed by atoms with van der Waals surface area (Å²) < 4.78 is 2.17. The number of nitrogens with zero attached hydrogens (tertiary/aromatic N) is 1. The Kier molecular flexibility index (Phi) is 4.04. The number of fused-ring (bicyclic) bond motifs is 3. The number of hydrogen-bond donors (Lipinski definition) is 2. The van der Waals surface area contributed by atoms with Gasteiger partial charge in [0.1, 0.15) is 0 Å².